The second-order valence-corrected chi connectivity index (χ2v) is 5.79. The number of hydrogen-bond acceptors (Lipinski definition) is 3. The SMILES string of the molecule is CC(C)(C)OC(=O)NCCC=Cc1c[nH]c(=O)c(C(F)(F)F)c1. The lowest BCUT2D eigenvalue weighted by Crippen LogP contribution is -2.32. The molecule has 0 radical (unpaired) electrons. The van der Waals surface area contributed by atoms with Crippen LogP contribution in [0.25, 0.3) is 6.08 Å². The van der Waals surface area contributed by atoms with Crippen LogP contribution in [0.5, 0.6) is 0 Å². The van der Waals surface area contributed by atoms with E-state index in [-0.39, 0.29) is 12.1 Å². The average molecular weight is 332 g/mol. The van der Waals surface area contributed by atoms with Crippen LogP contribution in [0.3, 0.4) is 0 Å². The third-order valence-electron chi connectivity index (χ3n) is 2.52. The molecule has 0 aliphatic carbocycles. The Labute approximate surface area is 131 Å². The first kappa shape index (κ1) is 18.8. The molecule has 1 rings (SSSR count). The number of carbonyl (C=O) groups is 1. The molecular weight excluding hydrogens is 313 g/mol. The third kappa shape index (κ3) is 7.03. The molecule has 2 N–H and O–H groups in total. The van der Waals surface area contributed by atoms with Crippen molar-refractivity contribution in [2.45, 2.75) is 39.0 Å². The van der Waals surface area contributed by atoms with Crippen LogP contribution in [-0.2, 0) is 10.9 Å². The Hall–Kier alpha value is -2.25. The number of rotatable bonds is 4. The molecule has 1 heterocycles. The van der Waals surface area contributed by atoms with Crippen molar-refractivity contribution in [2.75, 3.05) is 6.54 Å². The van der Waals surface area contributed by atoms with Gasteiger partial charge in [-0.1, -0.05) is 12.2 Å². The van der Waals surface area contributed by atoms with Gasteiger partial charge in [0.1, 0.15) is 11.2 Å². The number of carbonyl (C=O) groups excluding carboxylic acids is 1. The van der Waals surface area contributed by atoms with Crippen molar-refractivity contribution >= 4 is 12.2 Å². The van der Waals surface area contributed by atoms with Crippen LogP contribution in [0.2, 0.25) is 0 Å². The Morgan fingerprint density at radius 2 is 2.00 bits per heavy atom. The quantitative estimate of drug-likeness (QED) is 0.831. The number of aromatic amines is 1. The summed E-state index contributed by atoms with van der Waals surface area (Å²) in [6.45, 7) is 5.49. The van der Waals surface area contributed by atoms with Crippen molar-refractivity contribution < 1.29 is 22.7 Å². The average Bonchev–Trinajstić information content (AvgIpc) is 2.36. The minimum Gasteiger partial charge on any atom is -0.444 e. The smallest absolute Gasteiger partial charge is 0.421 e. The highest BCUT2D eigenvalue weighted by atomic mass is 19.4. The van der Waals surface area contributed by atoms with Gasteiger partial charge in [0.05, 0.1) is 0 Å². The van der Waals surface area contributed by atoms with Gasteiger partial charge in [0.25, 0.3) is 5.56 Å². The van der Waals surface area contributed by atoms with Crippen molar-refractivity contribution in [3.8, 4) is 0 Å². The lowest BCUT2D eigenvalue weighted by molar-refractivity contribution is -0.138. The van der Waals surface area contributed by atoms with Crippen LogP contribution < -0.4 is 10.9 Å². The molecule has 0 unspecified atom stereocenters. The number of nitrogens with one attached hydrogen (secondary N) is 2. The van der Waals surface area contributed by atoms with Gasteiger partial charge in [-0.3, -0.25) is 4.79 Å². The first-order valence-corrected chi connectivity index (χ1v) is 6.92. The Balaban J connectivity index is 2.53. The minimum absolute atomic E-state index is 0.217. The summed E-state index contributed by atoms with van der Waals surface area (Å²) in [7, 11) is 0. The van der Waals surface area contributed by atoms with E-state index in [4.69, 9.17) is 4.74 Å². The van der Waals surface area contributed by atoms with Gasteiger partial charge in [-0.05, 0) is 38.8 Å². The van der Waals surface area contributed by atoms with Gasteiger partial charge in [0.15, 0.2) is 0 Å². The molecule has 1 aromatic rings. The molecule has 8 heteroatoms. The minimum atomic E-state index is -4.70. The summed E-state index contributed by atoms with van der Waals surface area (Å²) in [5, 5.41) is 2.52. The zero-order valence-corrected chi connectivity index (χ0v) is 13.1. The van der Waals surface area contributed by atoms with E-state index in [9.17, 15) is 22.8 Å². The molecule has 5 nitrogen and oxygen atoms in total. The number of halogens is 3. The Morgan fingerprint density at radius 1 is 1.35 bits per heavy atom. The predicted octanol–water partition coefficient (Wildman–Crippen LogP) is 3.32. The van der Waals surface area contributed by atoms with Crippen molar-refractivity contribution in [1.29, 1.82) is 0 Å². The van der Waals surface area contributed by atoms with Crippen molar-refractivity contribution in [2.24, 2.45) is 0 Å². The molecule has 128 valence electrons. The highest BCUT2D eigenvalue weighted by Crippen LogP contribution is 2.26. The summed E-state index contributed by atoms with van der Waals surface area (Å²) in [4.78, 5) is 24.5. The summed E-state index contributed by atoms with van der Waals surface area (Å²) < 4.78 is 42.8. The van der Waals surface area contributed by atoms with Gasteiger partial charge in [0.2, 0.25) is 0 Å². The highest BCUT2D eigenvalue weighted by Gasteiger charge is 2.33. The molecule has 0 fully saturated rings. The van der Waals surface area contributed by atoms with E-state index in [2.05, 4.69) is 5.32 Å². The zero-order valence-electron chi connectivity index (χ0n) is 13.1. The number of pyridine rings is 1. The van der Waals surface area contributed by atoms with Gasteiger partial charge in [-0.2, -0.15) is 13.2 Å². The van der Waals surface area contributed by atoms with Crippen LogP contribution in [0.15, 0.2) is 23.1 Å². The maximum Gasteiger partial charge on any atom is 0.421 e. The summed E-state index contributed by atoms with van der Waals surface area (Å²) in [6.07, 6.45) is -0.646. The normalized spacial score (nSPS) is 12.4. The molecule has 0 bridgehead atoms. The van der Waals surface area contributed by atoms with Crippen LogP contribution in [0, 0.1) is 0 Å². The van der Waals surface area contributed by atoms with E-state index in [1.807, 2.05) is 4.98 Å². The van der Waals surface area contributed by atoms with Crippen molar-refractivity contribution in [3.63, 3.8) is 0 Å². The summed E-state index contributed by atoms with van der Waals surface area (Å²) in [6, 6.07) is 0.774. The Kier molecular flexibility index (Phi) is 6.00. The van der Waals surface area contributed by atoms with E-state index >= 15 is 0 Å². The number of hydrogen-bond donors (Lipinski definition) is 2. The van der Waals surface area contributed by atoms with Crippen LogP contribution in [0.4, 0.5) is 18.0 Å². The predicted molar refractivity (Wildman–Crippen MR) is 80.0 cm³/mol. The van der Waals surface area contributed by atoms with Gasteiger partial charge < -0.3 is 15.0 Å². The molecule has 0 spiro atoms. The highest BCUT2D eigenvalue weighted by molar-refractivity contribution is 5.67. The third-order valence-corrected chi connectivity index (χ3v) is 2.52. The number of alkyl halides is 3. The number of amides is 1. The first-order chi connectivity index (χ1) is 10.5. The van der Waals surface area contributed by atoms with Gasteiger partial charge >= 0.3 is 12.3 Å². The van der Waals surface area contributed by atoms with E-state index in [1.165, 1.54) is 12.3 Å². The Morgan fingerprint density at radius 3 is 2.57 bits per heavy atom. The molecule has 0 atom stereocenters. The largest absolute Gasteiger partial charge is 0.444 e. The molecule has 1 aromatic heterocycles. The van der Waals surface area contributed by atoms with Gasteiger partial charge in [-0.25, -0.2) is 4.79 Å². The van der Waals surface area contributed by atoms with Gasteiger partial charge in [-0.15, -0.1) is 0 Å². The Bertz CT molecular complexity index is 628. The lowest BCUT2D eigenvalue weighted by Gasteiger charge is -2.19. The zero-order chi connectivity index (χ0) is 17.7. The van der Waals surface area contributed by atoms with Crippen molar-refractivity contribution in [1.82, 2.24) is 10.3 Å². The monoisotopic (exact) mass is 332 g/mol. The standard InChI is InChI=1S/C15H19F3N2O3/c1-14(2,3)23-13(22)19-7-5-4-6-10-8-11(15(16,17)18)12(21)20-9-10/h4,6,8-9H,5,7H2,1-3H3,(H,19,22)(H,20,21). The van der Waals surface area contributed by atoms with E-state index in [0.29, 0.717) is 6.42 Å². The fourth-order valence-corrected chi connectivity index (χ4v) is 1.60. The molecule has 0 saturated heterocycles. The fourth-order valence-electron chi connectivity index (χ4n) is 1.60. The number of aromatic nitrogens is 1. The maximum atomic E-state index is 12.6. The number of alkyl carbamates (subject to hydrolysis) is 1. The van der Waals surface area contributed by atoms with E-state index in [1.54, 1.807) is 26.8 Å². The van der Waals surface area contributed by atoms with E-state index < -0.39 is 29.0 Å². The molecule has 0 saturated carbocycles. The summed E-state index contributed by atoms with van der Waals surface area (Å²) in [5.74, 6) is 0. The number of ether oxygens (including phenoxy) is 1. The molecule has 0 aromatic carbocycles. The van der Waals surface area contributed by atoms with Crippen LogP contribution in [0.1, 0.15) is 38.3 Å². The first-order valence-electron chi connectivity index (χ1n) is 6.92. The summed E-state index contributed by atoms with van der Waals surface area (Å²) >= 11 is 0. The number of H-pyrrole nitrogens is 1. The molecule has 0 aliphatic rings. The lowest BCUT2D eigenvalue weighted by atomic mass is 10.2. The van der Waals surface area contributed by atoms with Gasteiger partial charge in [0, 0.05) is 12.7 Å². The van der Waals surface area contributed by atoms with E-state index in [0.717, 1.165) is 6.07 Å². The second-order valence-electron chi connectivity index (χ2n) is 5.79. The summed E-state index contributed by atoms with van der Waals surface area (Å²) in [5.41, 5.74) is -2.80. The topological polar surface area (TPSA) is 71.2 Å². The van der Waals surface area contributed by atoms with Crippen LogP contribution in [-0.4, -0.2) is 23.2 Å². The fraction of sp³-hybridized carbons (Fsp3) is 0.467. The molecule has 23 heavy (non-hydrogen) atoms. The molecular formula is C15H19F3N2O3. The van der Waals surface area contributed by atoms with Crippen molar-refractivity contribution in [3.05, 3.63) is 39.8 Å². The molecule has 0 aliphatic heterocycles. The molecule has 1 amide bonds. The second kappa shape index (κ2) is 7.34. The maximum absolute atomic E-state index is 12.6. The van der Waals surface area contributed by atoms with Crippen LogP contribution >= 0.6 is 0 Å².